The van der Waals surface area contributed by atoms with Gasteiger partial charge >= 0.3 is 6.03 Å². The molecule has 0 radical (unpaired) electrons. The molecular formula is C18H28N4O3. The van der Waals surface area contributed by atoms with E-state index in [1.165, 1.54) is 25.7 Å². The zero-order chi connectivity index (χ0) is 18.1. The van der Waals surface area contributed by atoms with Crippen LogP contribution in [0.15, 0.2) is 24.3 Å². The standard InChI is InChI=1S/C18H28N4O3/c19-17(24)15-7-5-14(6-8-15)11-20-18(25)21-12-16(23)13-22-9-3-1-2-4-10-22/h5-8,16,23H,1-4,9-13H2,(H2,19,24)(H2,20,21,25)/t16-/m1/s1. The Morgan fingerprint density at radius 3 is 2.32 bits per heavy atom. The molecule has 1 aliphatic heterocycles. The molecule has 1 saturated heterocycles. The summed E-state index contributed by atoms with van der Waals surface area (Å²) in [4.78, 5) is 25.1. The van der Waals surface area contributed by atoms with Gasteiger partial charge in [0.1, 0.15) is 0 Å². The predicted molar refractivity (Wildman–Crippen MR) is 96.1 cm³/mol. The van der Waals surface area contributed by atoms with Gasteiger partial charge in [-0.1, -0.05) is 25.0 Å². The number of carbonyl (C=O) groups excluding carboxylic acids is 2. The van der Waals surface area contributed by atoms with E-state index in [4.69, 9.17) is 5.73 Å². The lowest BCUT2D eigenvalue weighted by molar-refractivity contribution is 0.1000. The molecule has 1 heterocycles. The van der Waals surface area contributed by atoms with Crippen molar-refractivity contribution < 1.29 is 14.7 Å². The van der Waals surface area contributed by atoms with E-state index in [-0.39, 0.29) is 12.6 Å². The summed E-state index contributed by atoms with van der Waals surface area (Å²) in [5.41, 5.74) is 6.48. The fourth-order valence-electron chi connectivity index (χ4n) is 2.92. The lowest BCUT2D eigenvalue weighted by atomic mass is 10.1. The van der Waals surface area contributed by atoms with Gasteiger partial charge in [0.15, 0.2) is 0 Å². The Bertz CT molecular complexity index is 554. The van der Waals surface area contributed by atoms with Crippen molar-refractivity contribution in [3.05, 3.63) is 35.4 Å². The number of aliphatic hydroxyl groups is 1. The second kappa shape index (κ2) is 10.0. The van der Waals surface area contributed by atoms with Crippen molar-refractivity contribution in [3.8, 4) is 0 Å². The summed E-state index contributed by atoms with van der Waals surface area (Å²) in [6.07, 6.45) is 4.30. The van der Waals surface area contributed by atoms with E-state index in [0.29, 0.717) is 18.7 Å². The van der Waals surface area contributed by atoms with Crippen molar-refractivity contribution in [3.63, 3.8) is 0 Å². The fraction of sp³-hybridized carbons (Fsp3) is 0.556. The number of nitrogens with zero attached hydrogens (tertiary/aromatic N) is 1. The van der Waals surface area contributed by atoms with Crippen molar-refractivity contribution in [2.24, 2.45) is 5.73 Å². The van der Waals surface area contributed by atoms with Crippen LogP contribution < -0.4 is 16.4 Å². The van der Waals surface area contributed by atoms with E-state index < -0.39 is 12.0 Å². The monoisotopic (exact) mass is 348 g/mol. The Hall–Kier alpha value is -2.12. The molecule has 0 unspecified atom stereocenters. The van der Waals surface area contributed by atoms with Gasteiger partial charge in [-0.15, -0.1) is 0 Å². The van der Waals surface area contributed by atoms with Crippen LogP contribution in [0.4, 0.5) is 4.79 Å². The molecule has 0 saturated carbocycles. The maximum absolute atomic E-state index is 11.8. The zero-order valence-corrected chi connectivity index (χ0v) is 14.5. The maximum atomic E-state index is 11.8. The number of hydrogen-bond acceptors (Lipinski definition) is 4. The number of hydrogen-bond donors (Lipinski definition) is 4. The fourth-order valence-corrected chi connectivity index (χ4v) is 2.92. The summed E-state index contributed by atoms with van der Waals surface area (Å²) < 4.78 is 0. The molecule has 2 rings (SSSR count). The van der Waals surface area contributed by atoms with Crippen LogP contribution in [0.2, 0.25) is 0 Å². The average Bonchev–Trinajstić information content (AvgIpc) is 2.87. The first-order chi connectivity index (χ1) is 12.0. The molecule has 7 nitrogen and oxygen atoms in total. The van der Waals surface area contributed by atoms with E-state index in [0.717, 1.165) is 18.7 Å². The third kappa shape index (κ3) is 7.11. The van der Waals surface area contributed by atoms with Crippen LogP contribution in [0.1, 0.15) is 41.6 Å². The minimum atomic E-state index is -0.571. The SMILES string of the molecule is NC(=O)c1ccc(CNC(=O)NC[C@@H](O)CN2CCCCCC2)cc1. The summed E-state index contributed by atoms with van der Waals surface area (Å²) in [5.74, 6) is -0.476. The van der Waals surface area contributed by atoms with Crippen molar-refractivity contribution in [1.82, 2.24) is 15.5 Å². The minimum absolute atomic E-state index is 0.225. The zero-order valence-electron chi connectivity index (χ0n) is 14.5. The lowest BCUT2D eigenvalue weighted by Gasteiger charge is -2.23. The van der Waals surface area contributed by atoms with Crippen LogP contribution in [-0.2, 0) is 6.54 Å². The first-order valence-electron chi connectivity index (χ1n) is 8.85. The second-order valence-electron chi connectivity index (χ2n) is 6.49. The number of β-amino-alcohol motifs (C(OH)–C–C–N with tert-alkyl or cyclic N) is 1. The van der Waals surface area contributed by atoms with Crippen LogP contribution in [0.5, 0.6) is 0 Å². The van der Waals surface area contributed by atoms with Crippen LogP contribution in [-0.4, -0.2) is 54.2 Å². The number of likely N-dealkylation sites (tertiary alicyclic amines) is 1. The quantitative estimate of drug-likeness (QED) is 0.585. The number of nitrogens with two attached hydrogens (primary N) is 1. The highest BCUT2D eigenvalue weighted by Gasteiger charge is 2.14. The highest BCUT2D eigenvalue weighted by atomic mass is 16.3. The number of nitrogens with one attached hydrogen (secondary N) is 2. The largest absolute Gasteiger partial charge is 0.390 e. The van der Waals surface area contributed by atoms with Gasteiger partial charge in [0, 0.05) is 25.2 Å². The minimum Gasteiger partial charge on any atom is -0.390 e. The third-order valence-electron chi connectivity index (χ3n) is 4.36. The number of benzene rings is 1. The molecular weight excluding hydrogens is 320 g/mol. The van der Waals surface area contributed by atoms with Gasteiger partial charge in [-0.05, 0) is 43.6 Å². The Morgan fingerprint density at radius 2 is 1.72 bits per heavy atom. The summed E-state index contributed by atoms with van der Waals surface area (Å²) >= 11 is 0. The smallest absolute Gasteiger partial charge is 0.315 e. The van der Waals surface area contributed by atoms with Crippen molar-refractivity contribution in [1.29, 1.82) is 0 Å². The molecule has 1 aromatic rings. The molecule has 7 heteroatoms. The summed E-state index contributed by atoms with van der Waals surface area (Å²) in [5, 5.41) is 15.5. The van der Waals surface area contributed by atoms with Crippen molar-refractivity contribution in [2.45, 2.75) is 38.3 Å². The number of aliphatic hydroxyl groups excluding tert-OH is 1. The van der Waals surface area contributed by atoms with E-state index >= 15 is 0 Å². The normalized spacial score (nSPS) is 16.7. The topological polar surface area (TPSA) is 108 Å². The molecule has 0 aromatic heterocycles. The molecule has 5 N–H and O–H groups in total. The van der Waals surface area contributed by atoms with Crippen LogP contribution in [0, 0.1) is 0 Å². The first-order valence-corrected chi connectivity index (χ1v) is 8.85. The van der Waals surface area contributed by atoms with Crippen LogP contribution in [0.3, 0.4) is 0 Å². The average molecular weight is 348 g/mol. The molecule has 0 bridgehead atoms. The Kier molecular flexibility index (Phi) is 7.69. The van der Waals surface area contributed by atoms with Gasteiger partial charge in [0.05, 0.1) is 6.10 Å². The van der Waals surface area contributed by atoms with Crippen molar-refractivity contribution >= 4 is 11.9 Å². The Labute approximate surface area is 148 Å². The number of rotatable bonds is 7. The van der Waals surface area contributed by atoms with Gasteiger partial charge in [-0.2, -0.15) is 0 Å². The van der Waals surface area contributed by atoms with Gasteiger partial charge in [0.2, 0.25) is 5.91 Å². The van der Waals surface area contributed by atoms with Gasteiger partial charge in [-0.3, -0.25) is 4.79 Å². The number of amides is 3. The summed E-state index contributed by atoms with van der Waals surface area (Å²) in [6.45, 7) is 3.19. The molecule has 1 atom stereocenters. The summed E-state index contributed by atoms with van der Waals surface area (Å²) in [6, 6.07) is 6.42. The van der Waals surface area contributed by atoms with E-state index in [2.05, 4.69) is 15.5 Å². The number of urea groups is 1. The van der Waals surface area contributed by atoms with E-state index in [1.807, 2.05) is 0 Å². The van der Waals surface area contributed by atoms with Crippen LogP contribution >= 0.6 is 0 Å². The van der Waals surface area contributed by atoms with Gasteiger partial charge in [0.25, 0.3) is 0 Å². The lowest BCUT2D eigenvalue weighted by Crippen LogP contribution is -2.43. The maximum Gasteiger partial charge on any atom is 0.315 e. The third-order valence-corrected chi connectivity index (χ3v) is 4.36. The van der Waals surface area contributed by atoms with Crippen molar-refractivity contribution in [2.75, 3.05) is 26.2 Å². The van der Waals surface area contributed by atoms with E-state index in [9.17, 15) is 14.7 Å². The van der Waals surface area contributed by atoms with E-state index in [1.54, 1.807) is 24.3 Å². The predicted octanol–water partition coefficient (Wildman–Crippen LogP) is 0.822. The molecule has 1 fully saturated rings. The molecule has 1 aliphatic rings. The highest BCUT2D eigenvalue weighted by Crippen LogP contribution is 2.09. The molecule has 1 aromatic carbocycles. The molecule has 3 amide bonds. The van der Waals surface area contributed by atoms with Crippen LogP contribution in [0.25, 0.3) is 0 Å². The molecule has 0 spiro atoms. The molecule has 138 valence electrons. The molecule has 0 aliphatic carbocycles. The molecule has 25 heavy (non-hydrogen) atoms. The number of carbonyl (C=O) groups is 2. The summed E-state index contributed by atoms with van der Waals surface area (Å²) in [7, 11) is 0. The first kappa shape index (κ1) is 19.2. The Morgan fingerprint density at radius 1 is 1.08 bits per heavy atom. The second-order valence-corrected chi connectivity index (χ2v) is 6.49. The number of primary amides is 1. The Balaban J connectivity index is 1.65. The van der Waals surface area contributed by atoms with Gasteiger partial charge in [-0.25, -0.2) is 4.79 Å². The highest BCUT2D eigenvalue weighted by molar-refractivity contribution is 5.92. The van der Waals surface area contributed by atoms with Gasteiger partial charge < -0.3 is 26.4 Å².